The number of aryl methyl sites for hydroxylation is 1. The van der Waals surface area contributed by atoms with E-state index in [1.807, 2.05) is 37.3 Å². The molecule has 0 bridgehead atoms. The molecule has 0 unspecified atom stereocenters. The van der Waals surface area contributed by atoms with Crippen LogP contribution in [-0.2, 0) is 0 Å². The minimum absolute atomic E-state index is 0.0989. The summed E-state index contributed by atoms with van der Waals surface area (Å²) in [4.78, 5) is 17.2. The van der Waals surface area contributed by atoms with E-state index < -0.39 is 0 Å². The number of rotatable bonds is 5. The average Bonchev–Trinajstić information content (AvgIpc) is 3.40. The minimum Gasteiger partial charge on any atom is -0.387 e. The molecule has 0 aliphatic heterocycles. The van der Waals surface area contributed by atoms with Crippen molar-refractivity contribution in [2.24, 2.45) is 16.6 Å². The number of benzene rings is 1. The zero-order chi connectivity index (χ0) is 18.8. The summed E-state index contributed by atoms with van der Waals surface area (Å²) in [7, 11) is 0. The summed E-state index contributed by atoms with van der Waals surface area (Å²) < 4.78 is 0. The number of carbonyl (C=O) groups excluding carboxylic acids is 1. The molecule has 2 saturated carbocycles. The molecule has 2 aliphatic carbocycles. The van der Waals surface area contributed by atoms with Crippen LogP contribution in [0.15, 0.2) is 35.3 Å². The Balaban J connectivity index is 1.38. The van der Waals surface area contributed by atoms with Crippen LogP contribution in [0, 0.1) is 12.8 Å². The van der Waals surface area contributed by atoms with Gasteiger partial charge in [0, 0.05) is 23.6 Å². The molecule has 1 heterocycles. The largest absolute Gasteiger partial charge is 0.387 e. The molecule has 0 saturated heterocycles. The van der Waals surface area contributed by atoms with Gasteiger partial charge >= 0.3 is 0 Å². The number of aromatic nitrogens is 2. The Bertz CT molecular complexity index is 852. The number of nitrogens with one attached hydrogen (secondary N) is 2. The lowest BCUT2D eigenvalue weighted by Crippen LogP contribution is -2.41. The highest BCUT2D eigenvalue weighted by Crippen LogP contribution is 2.39. The first-order valence-corrected chi connectivity index (χ1v) is 9.86. The highest BCUT2D eigenvalue weighted by molar-refractivity contribution is 5.92. The van der Waals surface area contributed by atoms with Gasteiger partial charge in [0.1, 0.15) is 11.5 Å². The van der Waals surface area contributed by atoms with Crippen molar-refractivity contribution in [1.82, 2.24) is 15.5 Å². The van der Waals surface area contributed by atoms with Crippen LogP contribution in [-0.4, -0.2) is 28.0 Å². The number of amidine groups is 1. The van der Waals surface area contributed by atoms with Crippen molar-refractivity contribution < 1.29 is 4.79 Å². The molecule has 2 aliphatic rings. The number of carbonyl (C=O) groups is 1. The predicted octanol–water partition coefficient (Wildman–Crippen LogP) is 3.57. The third-order valence-corrected chi connectivity index (χ3v) is 5.64. The molecular weight excluding hydrogens is 338 g/mol. The lowest BCUT2D eigenvalue weighted by molar-refractivity contribution is 0.0919. The molecule has 6 heteroatoms. The summed E-state index contributed by atoms with van der Waals surface area (Å²) in [5, 5.41) is 10.3. The van der Waals surface area contributed by atoms with Crippen LogP contribution in [0.3, 0.4) is 0 Å². The molecule has 4 rings (SSSR count). The standard InChI is InChI=1S/C21H27N5O/c1-13-5-2-3-8-17(13)24-20(22)15-6-4-7-16(11-15)23-21(27)19-12-18(25-26-19)14-9-10-14/h2-3,5,8,12,14-16H,4,6-7,9-11H2,1H3,(H2,22,24)(H,23,27)(H,25,26)/t15-,16-/m0/s1. The molecule has 1 aromatic carbocycles. The first-order valence-electron chi connectivity index (χ1n) is 9.86. The second-order valence-corrected chi connectivity index (χ2v) is 7.84. The Morgan fingerprint density at radius 1 is 1.26 bits per heavy atom. The number of aromatic amines is 1. The summed E-state index contributed by atoms with van der Waals surface area (Å²) in [6.07, 6.45) is 6.22. The van der Waals surface area contributed by atoms with Gasteiger partial charge in [0.05, 0.1) is 5.69 Å². The van der Waals surface area contributed by atoms with E-state index in [0.717, 1.165) is 42.6 Å². The molecule has 142 valence electrons. The van der Waals surface area contributed by atoms with Gasteiger partial charge in [0.2, 0.25) is 0 Å². The van der Waals surface area contributed by atoms with Crippen LogP contribution in [0.2, 0.25) is 0 Å². The van der Waals surface area contributed by atoms with Gasteiger partial charge in [0.25, 0.3) is 5.91 Å². The molecule has 0 radical (unpaired) electrons. The van der Waals surface area contributed by atoms with Crippen LogP contribution >= 0.6 is 0 Å². The molecule has 2 atom stereocenters. The zero-order valence-electron chi connectivity index (χ0n) is 15.7. The van der Waals surface area contributed by atoms with E-state index in [-0.39, 0.29) is 17.9 Å². The first-order chi connectivity index (χ1) is 13.1. The molecule has 2 aromatic rings. The van der Waals surface area contributed by atoms with Crippen molar-refractivity contribution in [3.05, 3.63) is 47.3 Å². The maximum atomic E-state index is 12.5. The fraction of sp³-hybridized carbons (Fsp3) is 0.476. The molecule has 4 N–H and O–H groups in total. The van der Waals surface area contributed by atoms with Gasteiger partial charge in [-0.1, -0.05) is 24.6 Å². The molecule has 1 amide bonds. The summed E-state index contributed by atoms with van der Waals surface area (Å²) in [6.45, 7) is 2.04. The number of nitrogens with zero attached hydrogens (tertiary/aromatic N) is 2. The topological polar surface area (TPSA) is 96.2 Å². The Morgan fingerprint density at radius 3 is 2.85 bits per heavy atom. The van der Waals surface area contributed by atoms with E-state index in [2.05, 4.69) is 20.5 Å². The number of hydrogen-bond acceptors (Lipinski definition) is 3. The third kappa shape index (κ3) is 4.21. The maximum absolute atomic E-state index is 12.5. The van der Waals surface area contributed by atoms with Crippen molar-refractivity contribution >= 4 is 17.4 Å². The monoisotopic (exact) mass is 365 g/mol. The van der Waals surface area contributed by atoms with Crippen molar-refractivity contribution in [2.45, 2.75) is 57.4 Å². The predicted molar refractivity (Wildman–Crippen MR) is 106 cm³/mol. The summed E-state index contributed by atoms with van der Waals surface area (Å²) in [5.41, 5.74) is 9.92. The quantitative estimate of drug-likeness (QED) is 0.558. The molecule has 27 heavy (non-hydrogen) atoms. The number of H-pyrrole nitrogens is 1. The van der Waals surface area contributed by atoms with E-state index in [1.165, 1.54) is 12.8 Å². The number of hydrogen-bond donors (Lipinski definition) is 3. The Kier molecular flexibility index (Phi) is 4.97. The second kappa shape index (κ2) is 7.55. The molecule has 0 spiro atoms. The minimum atomic E-state index is -0.0989. The first kappa shape index (κ1) is 17.8. The van der Waals surface area contributed by atoms with E-state index in [1.54, 1.807) is 0 Å². The second-order valence-electron chi connectivity index (χ2n) is 7.84. The van der Waals surface area contributed by atoms with Crippen LogP contribution in [0.1, 0.15) is 66.2 Å². The van der Waals surface area contributed by atoms with Gasteiger partial charge < -0.3 is 11.1 Å². The van der Waals surface area contributed by atoms with Crippen molar-refractivity contribution in [3.8, 4) is 0 Å². The van der Waals surface area contributed by atoms with Gasteiger partial charge in [-0.25, -0.2) is 4.99 Å². The van der Waals surface area contributed by atoms with Crippen LogP contribution in [0.4, 0.5) is 5.69 Å². The number of amides is 1. The van der Waals surface area contributed by atoms with Gasteiger partial charge in [-0.05, 0) is 56.7 Å². The highest BCUT2D eigenvalue weighted by Gasteiger charge is 2.29. The summed E-state index contributed by atoms with van der Waals surface area (Å²) in [6, 6.07) is 10.0. The molecular formula is C21H27N5O. The normalized spacial score (nSPS) is 23.2. The van der Waals surface area contributed by atoms with Crippen molar-refractivity contribution in [1.29, 1.82) is 0 Å². The van der Waals surface area contributed by atoms with Crippen LogP contribution < -0.4 is 11.1 Å². The van der Waals surface area contributed by atoms with E-state index in [0.29, 0.717) is 17.4 Å². The molecule has 6 nitrogen and oxygen atoms in total. The van der Waals surface area contributed by atoms with Gasteiger partial charge in [-0.2, -0.15) is 5.10 Å². The van der Waals surface area contributed by atoms with Gasteiger partial charge in [-0.15, -0.1) is 0 Å². The highest BCUT2D eigenvalue weighted by atomic mass is 16.2. The Hall–Kier alpha value is -2.63. The number of nitrogens with two attached hydrogens (primary N) is 1. The number of aliphatic imine (C=N–C) groups is 1. The number of para-hydroxylation sites is 1. The smallest absolute Gasteiger partial charge is 0.271 e. The lowest BCUT2D eigenvalue weighted by atomic mass is 9.85. The summed E-state index contributed by atoms with van der Waals surface area (Å²) in [5.74, 6) is 1.33. The molecule has 1 aromatic heterocycles. The van der Waals surface area contributed by atoms with Crippen LogP contribution in [0.25, 0.3) is 0 Å². The Labute approximate surface area is 159 Å². The fourth-order valence-electron chi connectivity index (χ4n) is 3.82. The summed E-state index contributed by atoms with van der Waals surface area (Å²) >= 11 is 0. The fourth-order valence-corrected chi connectivity index (χ4v) is 3.82. The van der Waals surface area contributed by atoms with E-state index in [9.17, 15) is 4.79 Å². The lowest BCUT2D eigenvalue weighted by Gasteiger charge is -2.29. The van der Waals surface area contributed by atoms with Gasteiger partial charge in [0.15, 0.2) is 0 Å². The maximum Gasteiger partial charge on any atom is 0.271 e. The van der Waals surface area contributed by atoms with E-state index >= 15 is 0 Å². The third-order valence-electron chi connectivity index (χ3n) is 5.64. The SMILES string of the molecule is Cc1ccccc1N=C(N)[C@H]1CCC[C@H](NC(=O)c2cc(C3CC3)[nH]n2)C1. The van der Waals surface area contributed by atoms with Crippen LogP contribution in [0.5, 0.6) is 0 Å². The Morgan fingerprint density at radius 2 is 2.07 bits per heavy atom. The van der Waals surface area contributed by atoms with Crippen molar-refractivity contribution in [3.63, 3.8) is 0 Å². The zero-order valence-corrected chi connectivity index (χ0v) is 15.7. The van der Waals surface area contributed by atoms with Crippen molar-refractivity contribution in [2.75, 3.05) is 0 Å². The molecule has 2 fully saturated rings. The van der Waals surface area contributed by atoms with Gasteiger partial charge in [-0.3, -0.25) is 9.89 Å². The van der Waals surface area contributed by atoms with E-state index in [4.69, 9.17) is 5.73 Å². The average molecular weight is 365 g/mol.